The highest BCUT2D eigenvalue weighted by Gasteiger charge is 2.23. The van der Waals surface area contributed by atoms with Crippen LogP contribution in [0, 0.1) is 0 Å². The lowest BCUT2D eigenvalue weighted by atomic mass is 10.00. The van der Waals surface area contributed by atoms with Crippen LogP contribution in [0.25, 0.3) is 6.08 Å². The van der Waals surface area contributed by atoms with Crippen molar-refractivity contribution in [1.82, 2.24) is 4.90 Å². The first-order valence-corrected chi connectivity index (χ1v) is 7.32. The molecule has 102 valence electrons. The number of amides is 1. The molecule has 1 amide bonds. The minimum absolute atomic E-state index is 0.126. The van der Waals surface area contributed by atoms with E-state index < -0.39 is 0 Å². The van der Waals surface area contributed by atoms with Crippen molar-refractivity contribution in [1.29, 1.82) is 0 Å². The maximum absolute atomic E-state index is 12.2. The lowest BCUT2D eigenvalue weighted by Gasteiger charge is -2.34. The fraction of sp³-hybridized carbons (Fsp3) is 0.438. The van der Waals surface area contributed by atoms with E-state index in [9.17, 15) is 4.79 Å². The number of benzene rings is 1. The van der Waals surface area contributed by atoms with E-state index in [4.69, 9.17) is 11.6 Å². The predicted octanol–water partition coefficient (Wildman–Crippen LogP) is 4.14. The Labute approximate surface area is 120 Å². The first kappa shape index (κ1) is 14.1. The van der Waals surface area contributed by atoms with Crippen LogP contribution in [0.4, 0.5) is 0 Å². The van der Waals surface area contributed by atoms with E-state index in [1.807, 2.05) is 35.2 Å². The van der Waals surface area contributed by atoms with Gasteiger partial charge >= 0.3 is 0 Å². The first-order valence-electron chi connectivity index (χ1n) is 6.95. The van der Waals surface area contributed by atoms with Gasteiger partial charge in [-0.3, -0.25) is 4.79 Å². The predicted molar refractivity (Wildman–Crippen MR) is 80.1 cm³/mol. The van der Waals surface area contributed by atoms with E-state index >= 15 is 0 Å². The van der Waals surface area contributed by atoms with Gasteiger partial charge < -0.3 is 4.90 Å². The zero-order chi connectivity index (χ0) is 13.7. The summed E-state index contributed by atoms with van der Waals surface area (Å²) in [6.45, 7) is 3.04. The van der Waals surface area contributed by atoms with Crippen molar-refractivity contribution in [3.05, 3.63) is 40.9 Å². The number of hydrogen-bond donors (Lipinski definition) is 0. The molecule has 1 aromatic carbocycles. The summed E-state index contributed by atoms with van der Waals surface area (Å²) >= 11 is 5.83. The smallest absolute Gasteiger partial charge is 0.246 e. The maximum atomic E-state index is 12.2. The molecule has 0 unspecified atom stereocenters. The van der Waals surface area contributed by atoms with Crippen molar-refractivity contribution < 1.29 is 4.79 Å². The number of likely N-dealkylation sites (tertiary alicyclic amines) is 1. The summed E-state index contributed by atoms with van der Waals surface area (Å²) in [4.78, 5) is 14.2. The van der Waals surface area contributed by atoms with Crippen molar-refractivity contribution in [2.45, 2.75) is 38.6 Å². The molecule has 2 rings (SSSR count). The summed E-state index contributed by atoms with van der Waals surface area (Å²) < 4.78 is 0. The molecule has 1 aliphatic rings. The van der Waals surface area contributed by atoms with Crippen LogP contribution in [0.5, 0.6) is 0 Å². The van der Waals surface area contributed by atoms with E-state index in [0.717, 1.165) is 31.4 Å². The highest BCUT2D eigenvalue weighted by Crippen LogP contribution is 2.20. The molecule has 0 N–H and O–H groups in total. The number of carbonyl (C=O) groups excluding carboxylic acids is 1. The minimum Gasteiger partial charge on any atom is -0.336 e. The number of halogens is 1. The van der Waals surface area contributed by atoms with E-state index in [0.29, 0.717) is 11.1 Å². The molecule has 1 atom stereocenters. The van der Waals surface area contributed by atoms with E-state index in [1.54, 1.807) is 6.08 Å². The Kier molecular flexibility index (Phi) is 5.03. The van der Waals surface area contributed by atoms with Gasteiger partial charge in [0.2, 0.25) is 5.91 Å². The first-order chi connectivity index (χ1) is 9.20. The number of nitrogens with zero attached hydrogens (tertiary/aromatic N) is 1. The summed E-state index contributed by atoms with van der Waals surface area (Å²) in [5.41, 5.74) is 1.00. The van der Waals surface area contributed by atoms with Gasteiger partial charge in [-0.15, -0.1) is 0 Å². The molecule has 19 heavy (non-hydrogen) atoms. The Morgan fingerprint density at radius 2 is 2.11 bits per heavy atom. The van der Waals surface area contributed by atoms with Crippen LogP contribution in [-0.2, 0) is 4.79 Å². The molecule has 0 bridgehead atoms. The molecule has 1 saturated heterocycles. The molecule has 1 fully saturated rings. The van der Waals surface area contributed by atoms with Crippen LogP contribution in [0.1, 0.15) is 38.2 Å². The Morgan fingerprint density at radius 1 is 1.37 bits per heavy atom. The van der Waals surface area contributed by atoms with Gasteiger partial charge in [-0.25, -0.2) is 0 Å². The Hall–Kier alpha value is -1.28. The zero-order valence-corrected chi connectivity index (χ0v) is 12.1. The van der Waals surface area contributed by atoms with Crippen molar-refractivity contribution in [2.75, 3.05) is 6.54 Å². The third kappa shape index (κ3) is 3.84. The summed E-state index contributed by atoms with van der Waals surface area (Å²) in [7, 11) is 0. The molecule has 0 aliphatic carbocycles. The van der Waals surface area contributed by atoms with E-state index in [1.165, 1.54) is 6.42 Å². The van der Waals surface area contributed by atoms with Crippen molar-refractivity contribution in [3.63, 3.8) is 0 Å². The van der Waals surface area contributed by atoms with Gasteiger partial charge in [0.05, 0.1) is 0 Å². The molecule has 0 spiro atoms. The molecule has 1 heterocycles. The molecule has 2 nitrogen and oxygen atoms in total. The van der Waals surface area contributed by atoms with Crippen LogP contribution in [-0.4, -0.2) is 23.4 Å². The van der Waals surface area contributed by atoms with Crippen LogP contribution < -0.4 is 0 Å². The van der Waals surface area contributed by atoms with Gasteiger partial charge in [-0.1, -0.05) is 30.7 Å². The number of rotatable bonds is 3. The second-order valence-corrected chi connectivity index (χ2v) is 5.41. The van der Waals surface area contributed by atoms with Gasteiger partial charge in [0, 0.05) is 23.7 Å². The highest BCUT2D eigenvalue weighted by molar-refractivity contribution is 6.30. The number of carbonyl (C=O) groups is 1. The van der Waals surface area contributed by atoms with E-state index in [-0.39, 0.29) is 5.91 Å². The standard InChI is InChI=1S/C16H20ClNO/c1-2-15-5-3-4-12-18(15)16(19)11-8-13-6-9-14(17)10-7-13/h6-11,15H,2-5,12H2,1H3/b11-8+/t15-/m1/s1. The summed E-state index contributed by atoms with van der Waals surface area (Å²) in [5, 5.41) is 0.713. The normalized spacial score (nSPS) is 19.9. The number of hydrogen-bond acceptors (Lipinski definition) is 1. The largest absolute Gasteiger partial charge is 0.336 e. The second-order valence-electron chi connectivity index (χ2n) is 4.97. The fourth-order valence-electron chi connectivity index (χ4n) is 2.55. The summed E-state index contributed by atoms with van der Waals surface area (Å²) in [6.07, 6.45) is 8.08. The second kappa shape index (κ2) is 6.76. The molecule has 1 aromatic rings. The average Bonchev–Trinajstić information content (AvgIpc) is 2.46. The molecule has 3 heteroatoms. The van der Waals surface area contributed by atoms with Crippen LogP contribution in [0.3, 0.4) is 0 Å². The van der Waals surface area contributed by atoms with Gasteiger partial charge in [0.25, 0.3) is 0 Å². The van der Waals surface area contributed by atoms with Gasteiger partial charge in [-0.2, -0.15) is 0 Å². The van der Waals surface area contributed by atoms with E-state index in [2.05, 4.69) is 6.92 Å². The summed E-state index contributed by atoms with van der Waals surface area (Å²) in [5.74, 6) is 0.126. The third-order valence-electron chi connectivity index (χ3n) is 3.67. The molecule has 0 radical (unpaired) electrons. The Bertz CT molecular complexity index is 452. The van der Waals surface area contributed by atoms with Gasteiger partial charge in [0.1, 0.15) is 0 Å². The monoisotopic (exact) mass is 277 g/mol. The SMILES string of the molecule is CC[C@@H]1CCCCN1C(=O)/C=C/c1ccc(Cl)cc1. The lowest BCUT2D eigenvalue weighted by molar-refractivity contribution is -0.129. The van der Waals surface area contributed by atoms with Crippen molar-refractivity contribution in [2.24, 2.45) is 0 Å². The fourth-order valence-corrected chi connectivity index (χ4v) is 2.68. The minimum atomic E-state index is 0.126. The quantitative estimate of drug-likeness (QED) is 0.760. The third-order valence-corrected chi connectivity index (χ3v) is 3.92. The molecular formula is C16H20ClNO. The van der Waals surface area contributed by atoms with Crippen LogP contribution in [0.15, 0.2) is 30.3 Å². The summed E-state index contributed by atoms with van der Waals surface area (Å²) in [6, 6.07) is 7.92. The Balaban J connectivity index is 2.01. The molecule has 0 aromatic heterocycles. The highest BCUT2D eigenvalue weighted by atomic mass is 35.5. The van der Waals surface area contributed by atoms with Crippen LogP contribution in [0.2, 0.25) is 5.02 Å². The topological polar surface area (TPSA) is 20.3 Å². The molecule has 0 saturated carbocycles. The zero-order valence-electron chi connectivity index (χ0n) is 11.3. The van der Waals surface area contributed by atoms with Crippen molar-refractivity contribution in [3.8, 4) is 0 Å². The van der Waals surface area contributed by atoms with Gasteiger partial charge in [-0.05, 0) is 49.5 Å². The van der Waals surface area contributed by atoms with Gasteiger partial charge in [0.15, 0.2) is 0 Å². The maximum Gasteiger partial charge on any atom is 0.246 e. The average molecular weight is 278 g/mol. The van der Waals surface area contributed by atoms with Crippen molar-refractivity contribution >= 4 is 23.6 Å². The molecular weight excluding hydrogens is 258 g/mol. The van der Waals surface area contributed by atoms with Crippen LogP contribution >= 0.6 is 11.6 Å². The molecule has 1 aliphatic heterocycles. The Morgan fingerprint density at radius 3 is 2.79 bits per heavy atom. The lowest BCUT2D eigenvalue weighted by Crippen LogP contribution is -2.42. The number of piperidine rings is 1.